The fourth-order valence-corrected chi connectivity index (χ4v) is 1.73. The van der Waals surface area contributed by atoms with Crippen LogP contribution in [0.2, 0.25) is 0 Å². The van der Waals surface area contributed by atoms with Gasteiger partial charge >= 0.3 is 18.5 Å². The molecule has 1 aromatic rings. The van der Waals surface area contributed by atoms with Crippen LogP contribution in [-0.4, -0.2) is 32.2 Å². The summed E-state index contributed by atoms with van der Waals surface area (Å²) in [6.45, 7) is -6.46. The quantitative estimate of drug-likeness (QED) is 0.667. The van der Waals surface area contributed by atoms with Crippen LogP contribution in [0.15, 0.2) is 0 Å². The first-order valence-corrected chi connectivity index (χ1v) is 5.80. The summed E-state index contributed by atoms with van der Waals surface area (Å²) < 4.78 is 111. The Hall–Kier alpha value is -2.22. The average Bonchev–Trinajstić information content (AvgIpc) is 2.32. The van der Waals surface area contributed by atoms with Crippen molar-refractivity contribution in [2.24, 2.45) is 0 Å². The third kappa shape index (κ3) is 5.16. The predicted molar refractivity (Wildman–Crippen MR) is 56.1 cm³/mol. The van der Waals surface area contributed by atoms with Crippen molar-refractivity contribution in [2.45, 2.75) is 38.2 Å². The van der Waals surface area contributed by atoms with Crippen LogP contribution in [0.25, 0.3) is 0 Å². The molecule has 1 heterocycles. The number of hydrogen-bond donors (Lipinski definition) is 3. The van der Waals surface area contributed by atoms with Crippen LogP contribution in [-0.2, 0) is 19.6 Å². The van der Waals surface area contributed by atoms with Gasteiger partial charge in [0.25, 0.3) is 0 Å². The molecule has 0 saturated heterocycles. The van der Waals surface area contributed by atoms with Gasteiger partial charge in [-0.2, -0.15) is 39.5 Å². The van der Waals surface area contributed by atoms with E-state index in [-0.39, 0.29) is 0 Å². The Balaban J connectivity index is 3.75. The molecule has 1 aromatic heterocycles. The van der Waals surface area contributed by atoms with E-state index in [1.165, 1.54) is 0 Å². The fourth-order valence-electron chi connectivity index (χ4n) is 1.73. The van der Waals surface area contributed by atoms with Gasteiger partial charge in [0.15, 0.2) is 0 Å². The molecule has 0 aliphatic heterocycles. The van der Waals surface area contributed by atoms with Gasteiger partial charge in [-0.05, 0) is 0 Å². The lowest BCUT2D eigenvalue weighted by atomic mass is 10.5. The van der Waals surface area contributed by atoms with E-state index < -0.39 is 68.7 Å². The standard InChI is InChI=1S/C9H9F9N6/c10-7(11,12)1-22-4(19)23(2-8(13,14)15)6(21)24(5(22)20)3-9(16,17)18/h19-21H,1-3H2. The molecular weight excluding hydrogens is 363 g/mol. The molecule has 0 saturated carbocycles. The first kappa shape index (κ1) is 19.8. The lowest BCUT2D eigenvalue weighted by Crippen LogP contribution is -2.58. The normalized spacial score (nSPS) is 13.4. The van der Waals surface area contributed by atoms with Gasteiger partial charge in [0.2, 0.25) is 16.9 Å². The monoisotopic (exact) mass is 372 g/mol. The first-order valence-electron chi connectivity index (χ1n) is 5.80. The smallest absolute Gasteiger partial charge is 0.273 e. The van der Waals surface area contributed by atoms with Crippen molar-refractivity contribution in [3.05, 3.63) is 16.9 Å². The number of nitrogens with zero attached hydrogens (tertiary/aromatic N) is 3. The summed E-state index contributed by atoms with van der Waals surface area (Å²) in [6, 6.07) is 0. The van der Waals surface area contributed by atoms with Gasteiger partial charge in [0.05, 0.1) is 0 Å². The molecule has 24 heavy (non-hydrogen) atoms. The molecule has 6 nitrogen and oxygen atoms in total. The molecule has 0 radical (unpaired) electrons. The Morgan fingerprint density at radius 1 is 0.500 bits per heavy atom. The van der Waals surface area contributed by atoms with Gasteiger partial charge < -0.3 is 0 Å². The topological polar surface area (TPSA) is 86.3 Å². The predicted octanol–water partition coefficient (Wildman–Crippen LogP) is 1.22. The molecule has 0 unspecified atom stereocenters. The largest absolute Gasteiger partial charge is 0.406 e. The number of alkyl halides is 9. The first-order chi connectivity index (χ1) is 10.5. The Bertz CT molecular complexity index is 637. The van der Waals surface area contributed by atoms with Gasteiger partial charge in [0, 0.05) is 0 Å². The highest BCUT2D eigenvalue weighted by Gasteiger charge is 2.35. The number of halogens is 9. The molecular formula is C9H9F9N6. The van der Waals surface area contributed by atoms with Gasteiger partial charge in [-0.15, -0.1) is 0 Å². The van der Waals surface area contributed by atoms with Crippen LogP contribution < -0.4 is 16.9 Å². The van der Waals surface area contributed by atoms with E-state index in [2.05, 4.69) is 0 Å². The van der Waals surface area contributed by atoms with Crippen LogP contribution in [0.3, 0.4) is 0 Å². The molecule has 0 bridgehead atoms. The van der Waals surface area contributed by atoms with Crippen LogP contribution >= 0.6 is 0 Å². The summed E-state index contributed by atoms with van der Waals surface area (Å²) in [5.41, 5.74) is -4.71. The van der Waals surface area contributed by atoms with Crippen molar-refractivity contribution in [1.82, 2.24) is 13.7 Å². The molecule has 138 valence electrons. The van der Waals surface area contributed by atoms with E-state index in [9.17, 15) is 39.5 Å². The Morgan fingerprint density at radius 2 is 0.667 bits per heavy atom. The summed E-state index contributed by atoms with van der Waals surface area (Å²) in [5.74, 6) is 0. The minimum atomic E-state index is -5.11. The van der Waals surface area contributed by atoms with Gasteiger partial charge in [-0.1, -0.05) is 0 Å². The van der Waals surface area contributed by atoms with E-state index in [4.69, 9.17) is 16.2 Å². The third-order valence-electron chi connectivity index (χ3n) is 2.55. The molecule has 3 N–H and O–H groups in total. The maximum atomic E-state index is 12.4. The molecule has 0 atom stereocenters. The van der Waals surface area contributed by atoms with Crippen molar-refractivity contribution in [2.75, 3.05) is 0 Å². The molecule has 1 rings (SSSR count). The molecule has 0 fully saturated rings. The van der Waals surface area contributed by atoms with Crippen molar-refractivity contribution in [3.63, 3.8) is 0 Å². The molecule has 0 spiro atoms. The second kappa shape index (κ2) is 6.01. The van der Waals surface area contributed by atoms with Crippen molar-refractivity contribution in [3.8, 4) is 0 Å². The zero-order valence-corrected chi connectivity index (χ0v) is 11.4. The molecule has 0 amide bonds. The van der Waals surface area contributed by atoms with E-state index in [1.807, 2.05) is 0 Å². The third-order valence-corrected chi connectivity index (χ3v) is 2.55. The van der Waals surface area contributed by atoms with Crippen LogP contribution in [0.1, 0.15) is 0 Å². The number of nitrogens with one attached hydrogen (secondary N) is 3. The maximum absolute atomic E-state index is 12.4. The Labute approximate surface area is 125 Å². The lowest BCUT2D eigenvalue weighted by molar-refractivity contribution is -0.151. The van der Waals surface area contributed by atoms with Gasteiger partial charge in [-0.3, -0.25) is 29.9 Å². The van der Waals surface area contributed by atoms with Crippen molar-refractivity contribution in [1.29, 1.82) is 16.2 Å². The van der Waals surface area contributed by atoms with Crippen molar-refractivity contribution < 1.29 is 39.5 Å². The van der Waals surface area contributed by atoms with Crippen LogP contribution in [0.5, 0.6) is 0 Å². The molecule has 0 aromatic carbocycles. The highest BCUT2D eigenvalue weighted by molar-refractivity contribution is 4.76. The summed E-state index contributed by atoms with van der Waals surface area (Å²) in [4.78, 5) is 0. The van der Waals surface area contributed by atoms with Crippen molar-refractivity contribution >= 4 is 0 Å². The maximum Gasteiger partial charge on any atom is 0.406 e. The molecule has 15 heteroatoms. The minimum absolute atomic E-state index is 0.393. The van der Waals surface area contributed by atoms with E-state index >= 15 is 0 Å². The SMILES string of the molecule is N=c1n(CC(F)(F)F)c(=N)n(CC(F)(F)F)c(=N)n1CC(F)(F)F. The summed E-state index contributed by atoms with van der Waals surface area (Å²) in [6.07, 6.45) is -15.3. The lowest BCUT2D eigenvalue weighted by Gasteiger charge is -2.20. The fraction of sp³-hybridized carbons (Fsp3) is 0.667. The van der Waals surface area contributed by atoms with E-state index in [1.54, 1.807) is 0 Å². The van der Waals surface area contributed by atoms with Crippen LogP contribution in [0, 0.1) is 16.2 Å². The Morgan fingerprint density at radius 3 is 0.792 bits per heavy atom. The number of rotatable bonds is 3. The molecule has 0 aliphatic rings. The molecule has 0 aliphatic carbocycles. The summed E-state index contributed by atoms with van der Waals surface area (Å²) in [5, 5.41) is 21.9. The highest BCUT2D eigenvalue weighted by atomic mass is 19.4. The van der Waals surface area contributed by atoms with Gasteiger partial charge in [-0.25, -0.2) is 0 Å². The second-order valence-corrected chi connectivity index (χ2v) is 4.57. The van der Waals surface area contributed by atoms with Crippen LogP contribution in [0.4, 0.5) is 39.5 Å². The number of aromatic nitrogens is 3. The zero-order valence-electron chi connectivity index (χ0n) is 11.4. The second-order valence-electron chi connectivity index (χ2n) is 4.57. The average molecular weight is 372 g/mol. The summed E-state index contributed by atoms with van der Waals surface area (Å²) >= 11 is 0. The Kier molecular flexibility index (Phi) is 4.96. The zero-order chi connectivity index (χ0) is 19.1. The highest BCUT2D eigenvalue weighted by Crippen LogP contribution is 2.18. The van der Waals surface area contributed by atoms with E-state index in [0.717, 1.165) is 0 Å². The minimum Gasteiger partial charge on any atom is -0.273 e. The van der Waals surface area contributed by atoms with E-state index in [0.29, 0.717) is 0 Å². The number of hydrogen-bond acceptors (Lipinski definition) is 3. The van der Waals surface area contributed by atoms with Gasteiger partial charge in [0.1, 0.15) is 19.6 Å². The summed E-state index contributed by atoms with van der Waals surface area (Å²) in [7, 11) is 0.